The number of alkyl halides is 2. The van der Waals surface area contributed by atoms with Crippen LogP contribution in [0.3, 0.4) is 0 Å². The molecule has 0 aliphatic heterocycles. The van der Waals surface area contributed by atoms with E-state index in [0.29, 0.717) is 0 Å². The van der Waals surface area contributed by atoms with Gasteiger partial charge >= 0.3 is 6.61 Å². The lowest BCUT2D eigenvalue weighted by molar-refractivity contribution is -0.0497. The average molecular weight is 314 g/mol. The molecule has 0 amide bonds. The molecule has 0 bridgehead atoms. The van der Waals surface area contributed by atoms with Crippen LogP contribution in [-0.4, -0.2) is 26.4 Å². The van der Waals surface area contributed by atoms with E-state index in [9.17, 15) is 8.78 Å². The number of hydrogen-bond acceptors (Lipinski definition) is 3. The summed E-state index contributed by atoms with van der Waals surface area (Å²) in [6.45, 7) is -2.84. The van der Waals surface area contributed by atoms with Gasteiger partial charge in [0.25, 0.3) is 0 Å². The van der Waals surface area contributed by atoms with E-state index >= 15 is 0 Å². The molecular formula is C16H12F2N4O. The third kappa shape index (κ3) is 2.40. The Morgan fingerprint density at radius 3 is 2.70 bits per heavy atom. The Morgan fingerprint density at radius 1 is 1.13 bits per heavy atom. The minimum atomic E-state index is -2.84. The molecule has 1 aromatic carbocycles. The van der Waals surface area contributed by atoms with Crippen molar-refractivity contribution in [3.63, 3.8) is 0 Å². The quantitative estimate of drug-likeness (QED) is 0.627. The van der Waals surface area contributed by atoms with Crippen LogP contribution in [0, 0.1) is 0 Å². The highest BCUT2D eigenvalue weighted by molar-refractivity contribution is 6.08. The molecule has 5 nitrogen and oxygen atoms in total. The van der Waals surface area contributed by atoms with Crippen molar-refractivity contribution in [1.29, 1.82) is 0 Å². The largest absolute Gasteiger partial charge is 0.435 e. The second kappa shape index (κ2) is 5.05. The van der Waals surface area contributed by atoms with Gasteiger partial charge in [0.15, 0.2) is 0 Å². The van der Waals surface area contributed by atoms with Gasteiger partial charge in [-0.05, 0) is 24.3 Å². The van der Waals surface area contributed by atoms with E-state index in [2.05, 4.69) is 19.8 Å². The maximum Gasteiger partial charge on any atom is 0.387 e. The highest BCUT2D eigenvalue weighted by Crippen LogP contribution is 2.31. The first kappa shape index (κ1) is 13.7. The van der Waals surface area contributed by atoms with Gasteiger partial charge in [-0.3, -0.25) is 9.67 Å². The van der Waals surface area contributed by atoms with Crippen LogP contribution in [0.25, 0.3) is 33.1 Å². The number of aromatic nitrogens is 4. The Hall–Kier alpha value is -2.96. The fourth-order valence-corrected chi connectivity index (χ4v) is 2.67. The second-order valence-electron chi connectivity index (χ2n) is 5.23. The van der Waals surface area contributed by atoms with Crippen molar-refractivity contribution < 1.29 is 13.5 Å². The molecule has 0 atom stereocenters. The van der Waals surface area contributed by atoms with Crippen LogP contribution in [-0.2, 0) is 7.05 Å². The summed E-state index contributed by atoms with van der Waals surface area (Å²) in [7, 11) is 1.83. The van der Waals surface area contributed by atoms with Gasteiger partial charge in [0.05, 0.1) is 23.6 Å². The first-order valence-corrected chi connectivity index (χ1v) is 6.95. The number of aryl methyl sites for hydroxylation is 1. The summed E-state index contributed by atoms with van der Waals surface area (Å²) < 4.78 is 31.0. The number of pyridine rings is 1. The van der Waals surface area contributed by atoms with E-state index in [-0.39, 0.29) is 5.75 Å². The van der Waals surface area contributed by atoms with E-state index in [0.717, 1.165) is 33.1 Å². The molecule has 4 rings (SSSR count). The normalized spacial score (nSPS) is 11.7. The molecule has 7 heteroatoms. The van der Waals surface area contributed by atoms with E-state index in [1.807, 2.05) is 19.3 Å². The number of fused-ring (bicyclic) bond motifs is 3. The van der Waals surface area contributed by atoms with Crippen LogP contribution in [0.15, 0.2) is 42.9 Å². The van der Waals surface area contributed by atoms with Crippen molar-refractivity contribution in [3.8, 4) is 17.0 Å². The summed E-state index contributed by atoms with van der Waals surface area (Å²) in [5.74, 6) is 0.133. The van der Waals surface area contributed by atoms with Crippen LogP contribution in [0.1, 0.15) is 0 Å². The number of ether oxygens (including phenoxy) is 1. The average Bonchev–Trinajstić information content (AvgIpc) is 3.09. The summed E-state index contributed by atoms with van der Waals surface area (Å²) in [6, 6.07) is 6.75. The van der Waals surface area contributed by atoms with Gasteiger partial charge in [-0.1, -0.05) is 0 Å². The topological polar surface area (TPSA) is 55.7 Å². The van der Waals surface area contributed by atoms with E-state index in [1.165, 1.54) is 6.07 Å². The molecule has 0 saturated heterocycles. The molecule has 3 aromatic heterocycles. The fourth-order valence-electron chi connectivity index (χ4n) is 2.67. The Labute approximate surface area is 129 Å². The fraction of sp³-hybridized carbons (Fsp3) is 0.125. The maximum atomic E-state index is 12.4. The molecular weight excluding hydrogens is 302 g/mol. The van der Waals surface area contributed by atoms with Gasteiger partial charge in [-0.25, -0.2) is 0 Å². The molecule has 3 heterocycles. The lowest BCUT2D eigenvalue weighted by Gasteiger charge is -2.03. The number of aromatic amines is 1. The minimum absolute atomic E-state index is 0.133. The maximum absolute atomic E-state index is 12.4. The summed E-state index contributed by atoms with van der Waals surface area (Å²) in [6.07, 6.45) is 5.33. The molecule has 116 valence electrons. The van der Waals surface area contributed by atoms with E-state index in [4.69, 9.17) is 0 Å². The number of nitrogens with one attached hydrogen (secondary N) is 1. The first-order valence-electron chi connectivity index (χ1n) is 6.95. The Kier molecular flexibility index (Phi) is 3.00. The summed E-state index contributed by atoms with van der Waals surface area (Å²) in [5, 5.41) is 5.84. The molecule has 0 radical (unpaired) electrons. The summed E-state index contributed by atoms with van der Waals surface area (Å²) in [5.41, 5.74) is 3.34. The molecule has 0 saturated carbocycles. The monoisotopic (exact) mass is 314 g/mol. The van der Waals surface area contributed by atoms with Crippen LogP contribution < -0.4 is 4.74 Å². The third-order valence-electron chi connectivity index (χ3n) is 3.68. The molecule has 4 aromatic rings. The van der Waals surface area contributed by atoms with Crippen molar-refractivity contribution in [1.82, 2.24) is 19.7 Å². The number of nitrogens with zero attached hydrogens (tertiary/aromatic N) is 3. The van der Waals surface area contributed by atoms with Crippen molar-refractivity contribution in [2.45, 2.75) is 6.61 Å². The Morgan fingerprint density at radius 2 is 1.96 bits per heavy atom. The van der Waals surface area contributed by atoms with Gasteiger partial charge in [0.1, 0.15) is 5.75 Å². The predicted octanol–water partition coefficient (Wildman–Crippen LogP) is 3.72. The van der Waals surface area contributed by atoms with Crippen LogP contribution in [0.2, 0.25) is 0 Å². The second-order valence-corrected chi connectivity index (χ2v) is 5.23. The SMILES string of the molecule is Cn1cc(-c2cc3c(cn2)[nH]c2ccc(OC(F)F)cc23)cn1. The van der Waals surface area contributed by atoms with Crippen molar-refractivity contribution in [2.24, 2.45) is 7.05 Å². The number of hydrogen-bond donors (Lipinski definition) is 1. The summed E-state index contributed by atoms with van der Waals surface area (Å²) >= 11 is 0. The number of H-pyrrole nitrogens is 1. The van der Waals surface area contributed by atoms with Gasteiger partial charge in [0, 0.05) is 35.1 Å². The molecule has 0 aliphatic rings. The van der Waals surface area contributed by atoms with E-state index in [1.54, 1.807) is 29.2 Å². The van der Waals surface area contributed by atoms with Gasteiger partial charge < -0.3 is 9.72 Å². The van der Waals surface area contributed by atoms with Crippen LogP contribution in [0.4, 0.5) is 8.78 Å². The minimum Gasteiger partial charge on any atom is -0.435 e. The van der Waals surface area contributed by atoms with Crippen molar-refractivity contribution in [3.05, 3.63) is 42.9 Å². The van der Waals surface area contributed by atoms with E-state index < -0.39 is 6.61 Å². The Bertz CT molecular complexity index is 1010. The van der Waals surface area contributed by atoms with Gasteiger partial charge in [-0.2, -0.15) is 13.9 Å². The number of rotatable bonds is 3. The lowest BCUT2D eigenvalue weighted by Crippen LogP contribution is -2.01. The smallest absolute Gasteiger partial charge is 0.387 e. The molecule has 23 heavy (non-hydrogen) atoms. The highest BCUT2D eigenvalue weighted by Gasteiger charge is 2.11. The zero-order valence-corrected chi connectivity index (χ0v) is 12.1. The first-order chi connectivity index (χ1) is 11.1. The summed E-state index contributed by atoms with van der Waals surface area (Å²) in [4.78, 5) is 7.64. The molecule has 0 aliphatic carbocycles. The van der Waals surface area contributed by atoms with Crippen LogP contribution >= 0.6 is 0 Å². The molecule has 0 spiro atoms. The number of benzene rings is 1. The third-order valence-corrected chi connectivity index (χ3v) is 3.68. The van der Waals surface area contributed by atoms with Gasteiger partial charge in [0.2, 0.25) is 0 Å². The van der Waals surface area contributed by atoms with Crippen LogP contribution in [0.5, 0.6) is 5.75 Å². The molecule has 0 unspecified atom stereocenters. The van der Waals surface area contributed by atoms with Gasteiger partial charge in [-0.15, -0.1) is 0 Å². The lowest BCUT2D eigenvalue weighted by atomic mass is 10.1. The standard InChI is InChI=1S/C16H12F2N4O/c1-22-8-9(6-20-22)14-5-12-11-4-10(23-16(17)18)2-3-13(11)21-15(12)7-19-14/h2-8,16,21H,1H3. The molecule has 1 N–H and O–H groups in total. The zero-order chi connectivity index (χ0) is 16.0. The van der Waals surface area contributed by atoms with Crippen molar-refractivity contribution >= 4 is 21.8 Å². The predicted molar refractivity (Wildman–Crippen MR) is 82.4 cm³/mol. The van der Waals surface area contributed by atoms with Crippen molar-refractivity contribution in [2.75, 3.05) is 0 Å². The molecule has 0 fully saturated rings. The highest BCUT2D eigenvalue weighted by atomic mass is 19.3. The zero-order valence-electron chi connectivity index (χ0n) is 12.1. The number of halogens is 2. The Balaban J connectivity index is 1.89.